The van der Waals surface area contributed by atoms with Crippen LogP contribution in [0.1, 0.15) is 33.1 Å². The third-order valence-corrected chi connectivity index (χ3v) is 2.38. The van der Waals surface area contributed by atoms with Gasteiger partial charge >= 0.3 is 0 Å². The van der Waals surface area contributed by atoms with E-state index in [-0.39, 0.29) is 5.54 Å². The Hall–Kier alpha value is -0.0800. The highest BCUT2D eigenvalue weighted by atomic mass is 15.1. The molecule has 1 fully saturated rings. The summed E-state index contributed by atoms with van der Waals surface area (Å²) in [7, 11) is 0. The molecule has 1 aliphatic rings. The molecule has 0 atom stereocenters. The van der Waals surface area contributed by atoms with Crippen molar-refractivity contribution in [3.63, 3.8) is 0 Å². The number of nitrogens with two attached hydrogens (primary N) is 1. The summed E-state index contributed by atoms with van der Waals surface area (Å²) in [6.45, 7) is 8.88. The highest BCUT2D eigenvalue weighted by Gasteiger charge is 2.24. The van der Waals surface area contributed by atoms with Crippen LogP contribution >= 0.6 is 0 Å². The van der Waals surface area contributed by atoms with Crippen molar-refractivity contribution in [2.75, 3.05) is 13.1 Å². The maximum Gasteiger partial charge on any atom is 0.0248 e. The van der Waals surface area contributed by atoms with Crippen molar-refractivity contribution in [1.29, 1.82) is 0 Å². The van der Waals surface area contributed by atoms with Crippen molar-refractivity contribution in [1.82, 2.24) is 4.90 Å². The van der Waals surface area contributed by atoms with Crippen LogP contribution in [0, 0.1) is 6.54 Å². The van der Waals surface area contributed by atoms with Gasteiger partial charge in [-0.1, -0.05) is 6.92 Å². The predicted molar refractivity (Wildman–Crippen MR) is 48.0 cm³/mol. The van der Waals surface area contributed by atoms with Crippen molar-refractivity contribution in [3.8, 4) is 0 Å². The standard InChI is InChI=1S/C9H19N2/c1-3-6-11-7-4-9(2,10)5-8-11/h6H,3-5,7-8,10H2,1-2H3. The van der Waals surface area contributed by atoms with E-state index < -0.39 is 0 Å². The number of hydrogen-bond acceptors (Lipinski definition) is 2. The van der Waals surface area contributed by atoms with E-state index in [4.69, 9.17) is 5.73 Å². The molecule has 0 aliphatic carbocycles. The Morgan fingerprint density at radius 2 is 2.00 bits per heavy atom. The molecule has 11 heavy (non-hydrogen) atoms. The molecule has 2 N–H and O–H groups in total. The SMILES string of the molecule is CC[CH]N1CCC(C)(N)CC1. The summed E-state index contributed by atoms with van der Waals surface area (Å²) in [5.41, 5.74) is 6.09. The second-order valence-electron chi connectivity index (χ2n) is 3.78. The average Bonchev–Trinajstić information content (AvgIpc) is 1.94. The molecule has 1 rings (SSSR count). The highest BCUT2D eigenvalue weighted by molar-refractivity contribution is 4.87. The van der Waals surface area contributed by atoms with Gasteiger partial charge in [0.2, 0.25) is 0 Å². The first kappa shape index (κ1) is 9.01. The molecule has 0 amide bonds. The lowest BCUT2D eigenvalue weighted by Gasteiger charge is -2.36. The Kier molecular flexibility index (Phi) is 2.90. The number of piperidine rings is 1. The van der Waals surface area contributed by atoms with Crippen LogP contribution < -0.4 is 5.73 Å². The highest BCUT2D eigenvalue weighted by Crippen LogP contribution is 2.19. The van der Waals surface area contributed by atoms with E-state index in [1.807, 2.05) is 0 Å². The molecule has 0 unspecified atom stereocenters. The summed E-state index contributed by atoms with van der Waals surface area (Å²) in [4.78, 5) is 2.38. The van der Waals surface area contributed by atoms with Gasteiger partial charge < -0.3 is 5.73 Å². The molecule has 1 radical (unpaired) electrons. The molecule has 2 nitrogen and oxygen atoms in total. The molecule has 1 heterocycles. The lowest BCUT2D eigenvalue weighted by Crippen LogP contribution is -2.47. The maximum atomic E-state index is 6.00. The van der Waals surface area contributed by atoms with Crippen molar-refractivity contribution < 1.29 is 0 Å². The van der Waals surface area contributed by atoms with Gasteiger partial charge in [0.05, 0.1) is 0 Å². The minimum Gasteiger partial charge on any atom is -0.325 e. The molecule has 0 aromatic carbocycles. The fourth-order valence-electron chi connectivity index (χ4n) is 1.48. The smallest absolute Gasteiger partial charge is 0.0248 e. The van der Waals surface area contributed by atoms with Gasteiger partial charge in [-0.05, 0) is 26.2 Å². The number of hydrogen-bond donors (Lipinski definition) is 1. The predicted octanol–water partition coefficient (Wildman–Crippen LogP) is 1.37. The molecular weight excluding hydrogens is 136 g/mol. The van der Waals surface area contributed by atoms with Crippen LogP contribution in [-0.4, -0.2) is 23.5 Å². The zero-order valence-corrected chi connectivity index (χ0v) is 7.64. The van der Waals surface area contributed by atoms with Crippen LogP contribution in [-0.2, 0) is 0 Å². The second kappa shape index (κ2) is 3.55. The molecule has 0 spiro atoms. The van der Waals surface area contributed by atoms with Crippen molar-refractivity contribution in [2.45, 2.75) is 38.6 Å². The molecule has 1 saturated heterocycles. The average molecular weight is 155 g/mol. The zero-order chi connectivity index (χ0) is 8.32. The van der Waals surface area contributed by atoms with Crippen molar-refractivity contribution >= 4 is 0 Å². The van der Waals surface area contributed by atoms with Crippen LogP contribution in [0.5, 0.6) is 0 Å². The molecule has 0 saturated carbocycles. The van der Waals surface area contributed by atoms with Crippen LogP contribution in [0.2, 0.25) is 0 Å². The van der Waals surface area contributed by atoms with Crippen LogP contribution in [0.4, 0.5) is 0 Å². The summed E-state index contributed by atoms with van der Waals surface area (Å²) in [6.07, 6.45) is 3.40. The monoisotopic (exact) mass is 155 g/mol. The number of nitrogens with zero attached hydrogens (tertiary/aromatic N) is 1. The quantitative estimate of drug-likeness (QED) is 0.652. The van der Waals surface area contributed by atoms with Gasteiger partial charge in [0.25, 0.3) is 0 Å². The summed E-state index contributed by atoms with van der Waals surface area (Å²) in [5.74, 6) is 0. The Bertz CT molecular complexity index is 111. The second-order valence-corrected chi connectivity index (χ2v) is 3.78. The van der Waals surface area contributed by atoms with Gasteiger partial charge in [-0.2, -0.15) is 0 Å². The Labute approximate surface area is 69.8 Å². The van der Waals surface area contributed by atoms with E-state index in [0.29, 0.717) is 0 Å². The fraction of sp³-hybridized carbons (Fsp3) is 0.889. The van der Waals surface area contributed by atoms with Gasteiger partial charge in [-0.3, -0.25) is 4.90 Å². The molecule has 0 bridgehead atoms. The molecule has 1 aliphatic heterocycles. The maximum absolute atomic E-state index is 6.00. The van der Waals surface area contributed by atoms with Gasteiger partial charge in [0.15, 0.2) is 0 Å². The van der Waals surface area contributed by atoms with E-state index in [9.17, 15) is 0 Å². The van der Waals surface area contributed by atoms with Gasteiger partial charge in [-0.15, -0.1) is 0 Å². The van der Waals surface area contributed by atoms with Crippen LogP contribution in [0.25, 0.3) is 0 Å². The van der Waals surface area contributed by atoms with Gasteiger partial charge in [-0.25, -0.2) is 0 Å². The van der Waals surface area contributed by atoms with E-state index in [0.717, 1.165) is 32.4 Å². The lowest BCUT2D eigenvalue weighted by atomic mass is 9.91. The van der Waals surface area contributed by atoms with Crippen LogP contribution in [0.15, 0.2) is 0 Å². The van der Waals surface area contributed by atoms with Gasteiger partial charge in [0.1, 0.15) is 0 Å². The summed E-state index contributed by atoms with van der Waals surface area (Å²) >= 11 is 0. The first-order valence-electron chi connectivity index (χ1n) is 4.50. The normalized spacial score (nSPS) is 25.4. The fourth-order valence-corrected chi connectivity index (χ4v) is 1.48. The molecule has 0 aromatic rings. The molecule has 2 heteroatoms. The molecule has 65 valence electrons. The van der Waals surface area contributed by atoms with E-state index in [2.05, 4.69) is 25.3 Å². The Morgan fingerprint density at radius 3 is 2.45 bits per heavy atom. The summed E-state index contributed by atoms with van der Waals surface area (Å²) in [6, 6.07) is 0. The first-order valence-corrected chi connectivity index (χ1v) is 4.50. The zero-order valence-electron chi connectivity index (χ0n) is 7.64. The summed E-state index contributed by atoms with van der Waals surface area (Å²) in [5, 5.41) is 0. The Balaban J connectivity index is 2.25. The summed E-state index contributed by atoms with van der Waals surface area (Å²) < 4.78 is 0. The molecular formula is C9H19N2. The Morgan fingerprint density at radius 1 is 1.45 bits per heavy atom. The largest absolute Gasteiger partial charge is 0.325 e. The number of likely N-dealkylation sites (tertiary alicyclic amines) is 1. The third kappa shape index (κ3) is 2.80. The molecule has 0 aromatic heterocycles. The van der Waals surface area contributed by atoms with Crippen molar-refractivity contribution in [3.05, 3.63) is 6.54 Å². The minimum absolute atomic E-state index is 0.0953. The van der Waals surface area contributed by atoms with Gasteiger partial charge in [0, 0.05) is 25.2 Å². The third-order valence-electron chi connectivity index (χ3n) is 2.38. The minimum atomic E-state index is 0.0953. The van der Waals surface area contributed by atoms with E-state index in [1.165, 1.54) is 0 Å². The number of rotatable bonds is 2. The lowest BCUT2D eigenvalue weighted by molar-refractivity contribution is 0.201. The van der Waals surface area contributed by atoms with Crippen molar-refractivity contribution in [2.24, 2.45) is 5.73 Å². The topological polar surface area (TPSA) is 29.3 Å². The first-order chi connectivity index (χ1) is 5.14. The van der Waals surface area contributed by atoms with E-state index >= 15 is 0 Å². The van der Waals surface area contributed by atoms with Crippen LogP contribution in [0.3, 0.4) is 0 Å². The van der Waals surface area contributed by atoms with E-state index in [1.54, 1.807) is 0 Å².